The highest BCUT2D eigenvalue weighted by atomic mass is 35.5. The van der Waals surface area contributed by atoms with Gasteiger partial charge >= 0.3 is 0 Å². The summed E-state index contributed by atoms with van der Waals surface area (Å²) < 4.78 is 5.60. The molecule has 3 aromatic carbocycles. The zero-order chi connectivity index (χ0) is 21.5. The fourth-order valence-electron chi connectivity index (χ4n) is 3.99. The number of fused-ring (bicyclic) bond motifs is 2. The Labute approximate surface area is 188 Å². The van der Waals surface area contributed by atoms with Crippen LogP contribution in [0.15, 0.2) is 95.8 Å². The molecule has 0 fully saturated rings. The molecular formula is C26H15ClN4O. The summed E-state index contributed by atoms with van der Waals surface area (Å²) in [6.07, 6.45) is 3.65. The SMILES string of the molecule is Clc1cccc(-c2cc(-c3nnc(-c4cccc5cnccc45)c4ccccc34)no2)c1. The lowest BCUT2D eigenvalue weighted by Gasteiger charge is -2.10. The Balaban J connectivity index is 1.53. The highest BCUT2D eigenvalue weighted by Crippen LogP contribution is 2.36. The summed E-state index contributed by atoms with van der Waals surface area (Å²) >= 11 is 6.13. The molecule has 152 valence electrons. The molecule has 3 aromatic heterocycles. The van der Waals surface area contributed by atoms with Crippen molar-refractivity contribution in [3.05, 3.63) is 96.3 Å². The van der Waals surface area contributed by atoms with Gasteiger partial charge in [0.2, 0.25) is 0 Å². The number of nitrogens with zero attached hydrogens (tertiary/aromatic N) is 4. The van der Waals surface area contributed by atoms with Gasteiger partial charge in [-0.05, 0) is 23.6 Å². The quantitative estimate of drug-likeness (QED) is 0.305. The van der Waals surface area contributed by atoms with Crippen LogP contribution in [0, 0.1) is 0 Å². The molecular weight excluding hydrogens is 420 g/mol. The largest absolute Gasteiger partial charge is 0.356 e. The fraction of sp³-hybridized carbons (Fsp3) is 0. The van der Waals surface area contributed by atoms with E-state index in [1.54, 1.807) is 6.20 Å². The first-order valence-corrected chi connectivity index (χ1v) is 10.5. The minimum Gasteiger partial charge on any atom is -0.356 e. The summed E-state index contributed by atoms with van der Waals surface area (Å²) in [5, 5.41) is 18.2. The first kappa shape index (κ1) is 18.7. The van der Waals surface area contributed by atoms with E-state index in [0.717, 1.165) is 38.4 Å². The van der Waals surface area contributed by atoms with E-state index in [-0.39, 0.29) is 0 Å². The lowest BCUT2D eigenvalue weighted by Crippen LogP contribution is -1.95. The standard InChI is InChI=1S/C26H15ClN4O/c27-18-7-3-5-16(13-18)24-14-23(31-32-24)26-22-9-2-1-8-21(22)25(29-30-26)20-10-4-6-17-15-28-12-11-19(17)20/h1-15H. The molecule has 0 radical (unpaired) electrons. The van der Waals surface area contributed by atoms with Crippen molar-refractivity contribution in [1.82, 2.24) is 20.3 Å². The van der Waals surface area contributed by atoms with E-state index in [0.29, 0.717) is 22.2 Å². The summed E-state index contributed by atoms with van der Waals surface area (Å²) in [4.78, 5) is 4.23. The molecule has 0 atom stereocenters. The molecule has 5 nitrogen and oxygen atoms in total. The Kier molecular flexibility index (Phi) is 4.40. The average Bonchev–Trinajstić information content (AvgIpc) is 3.33. The van der Waals surface area contributed by atoms with E-state index < -0.39 is 0 Å². The second-order valence-electron chi connectivity index (χ2n) is 7.43. The maximum atomic E-state index is 6.13. The number of rotatable bonds is 3. The van der Waals surface area contributed by atoms with Gasteiger partial charge < -0.3 is 4.52 Å². The Morgan fingerprint density at radius 2 is 1.53 bits per heavy atom. The van der Waals surface area contributed by atoms with Crippen LogP contribution in [0.25, 0.3) is 55.5 Å². The van der Waals surface area contributed by atoms with Gasteiger partial charge in [-0.15, -0.1) is 10.2 Å². The predicted molar refractivity (Wildman–Crippen MR) is 126 cm³/mol. The Morgan fingerprint density at radius 1 is 0.719 bits per heavy atom. The molecule has 0 amide bonds. The number of halogens is 1. The van der Waals surface area contributed by atoms with Gasteiger partial charge in [-0.25, -0.2) is 0 Å². The molecule has 0 spiro atoms. The molecule has 0 aliphatic carbocycles. The van der Waals surface area contributed by atoms with Crippen LogP contribution in [0.5, 0.6) is 0 Å². The van der Waals surface area contributed by atoms with Crippen LogP contribution in [-0.4, -0.2) is 20.3 Å². The first-order chi connectivity index (χ1) is 15.8. The van der Waals surface area contributed by atoms with Gasteiger partial charge in [0, 0.05) is 50.8 Å². The van der Waals surface area contributed by atoms with Gasteiger partial charge in [-0.1, -0.05) is 71.4 Å². The molecule has 6 aromatic rings. The van der Waals surface area contributed by atoms with Gasteiger partial charge in [-0.2, -0.15) is 0 Å². The summed E-state index contributed by atoms with van der Waals surface area (Å²) in [5.41, 5.74) is 3.98. The van der Waals surface area contributed by atoms with Crippen LogP contribution < -0.4 is 0 Å². The minimum absolute atomic E-state index is 0.623. The van der Waals surface area contributed by atoms with Crippen LogP contribution in [-0.2, 0) is 0 Å². The van der Waals surface area contributed by atoms with Gasteiger partial charge in [0.05, 0.1) is 0 Å². The van der Waals surface area contributed by atoms with E-state index >= 15 is 0 Å². The Bertz CT molecular complexity index is 1600. The molecule has 32 heavy (non-hydrogen) atoms. The minimum atomic E-state index is 0.623. The summed E-state index contributed by atoms with van der Waals surface area (Å²) in [7, 11) is 0. The summed E-state index contributed by atoms with van der Waals surface area (Å²) in [5.74, 6) is 0.624. The van der Waals surface area contributed by atoms with E-state index in [4.69, 9.17) is 16.1 Å². The van der Waals surface area contributed by atoms with Crippen molar-refractivity contribution in [2.24, 2.45) is 0 Å². The highest BCUT2D eigenvalue weighted by Gasteiger charge is 2.17. The van der Waals surface area contributed by atoms with Gasteiger partial charge in [0.1, 0.15) is 17.1 Å². The molecule has 0 saturated heterocycles. The van der Waals surface area contributed by atoms with Crippen molar-refractivity contribution in [2.45, 2.75) is 0 Å². The van der Waals surface area contributed by atoms with Gasteiger partial charge in [-0.3, -0.25) is 4.98 Å². The van der Waals surface area contributed by atoms with Crippen molar-refractivity contribution in [2.75, 3.05) is 0 Å². The van der Waals surface area contributed by atoms with Gasteiger partial charge in [0.25, 0.3) is 0 Å². The Morgan fingerprint density at radius 3 is 2.41 bits per heavy atom. The molecule has 0 saturated carbocycles. The molecule has 3 heterocycles. The van der Waals surface area contributed by atoms with Crippen LogP contribution in [0.2, 0.25) is 5.02 Å². The van der Waals surface area contributed by atoms with Crippen LogP contribution in [0.1, 0.15) is 0 Å². The molecule has 6 heteroatoms. The molecule has 0 aliphatic heterocycles. The molecule has 0 aliphatic rings. The second kappa shape index (κ2) is 7.55. The zero-order valence-electron chi connectivity index (χ0n) is 16.7. The molecule has 0 bridgehead atoms. The van der Waals surface area contributed by atoms with Crippen LogP contribution in [0.3, 0.4) is 0 Å². The zero-order valence-corrected chi connectivity index (χ0v) is 17.5. The Hall–Kier alpha value is -4.09. The average molecular weight is 435 g/mol. The molecule has 0 N–H and O–H groups in total. The lowest BCUT2D eigenvalue weighted by molar-refractivity contribution is 0.434. The van der Waals surface area contributed by atoms with Crippen molar-refractivity contribution in [3.8, 4) is 34.0 Å². The summed E-state index contributed by atoms with van der Waals surface area (Å²) in [6.45, 7) is 0. The highest BCUT2D eigenvalue weighted by molar-refractivity contribution is 6.30. The topological polar surface area (TPSA) is 64.7 Å². The number of hydrogen-bond acceptors (Lipinski definition) is 5. The maximum absolute atomic E-state index is 6.13. The van der Waals surface area contributed by atoms with Gasteiger partial charge in [0.15, 0.2) is 5.76 Å². The van der Waals surface area contributed by atoms with Crippen molar-refractivity contribution in [3.63, 3.8) is 0 Å². The summed E-state index contributed by atoms with van der Waals surface area (Å²) in [6, 6.07) is 25.5. The van der Waals surface area contributed by atoms with Crippen LogP contribution in [0.4, 0.5) is 0 Å². The lowest BCUT2D eigenvalue weighted by atomic mass is 9.98. The fourth-order valence-corrected chi connectivity index (χ4v) is 4.18. The third-order valence-electron chi connectivity index (χ3n) is 5.49. The second-order valence-corrected chi connectivity index (χ2v) is 7.87. The molecule has 6 rings (SSSR count). The van der Waals surface area contributed by atoms with Crippen LogP contribution >= 0.6 is 11.6 Å². The number of pyridine rings is 1. The predicted octanol–water partition coefficient (Wildman–Crippen LogP) is 6.82. The first-order valence-electron chi connectivity index (χ1n) is 10.1. The van der Waals surface area contributed by atoms with E-state index in [1.807, 2.05) is 72.9 Å². The maximum Gasteiger partial charge on any atom is 0.167 e. The third-order valence-corrected chi connectivity index (χ3v) is 5.72. The van der Waals surface area contributed by atoms with E-state index in [2.05, 4.69) is 32.5 Å². The van der Waals surface area contributed by atoms with Crippen molar-refractivity contribution in [1.29, 1.82) is 0 Å². The van der Waals surface area contributed by atoms with Crippen molar-refractivity contribution < 1.29 is 4.52 Å². The smallest absolute Gasteiger partial charge is 0.167 e. The molecule has 0 unspecified atom stereocenters. The normalized spacial score (nSPS) is 11.3. The third kappa shape index (κ3) is 3.11. The van der Waals surface area contributed by atoms with E-state index in [9.17, 15) is 0 Å². The van der Waals surface area contributed by atoms with E-state index in [1.165, 1.54) is 0 Å². The number of benzene rings is 3. The number of hydrogen-bond donors (Lipinski definition) is 0. The van der Waals surface area contributed by atoms with Crippen molar-refractivity contribution >= 4 is 33.1 Å². The number of aromatic nitrogens is 4. The monoisotopic (exact) mass is 434 g/mol.